The van der Waals surface area contributed by atoms with Gasteiger partial charge < -0.3 is 4.74 Å². The minimum atomic E-state index is -3.52. The number of hydrogen-bond acceptors (Lipinski definition) is 3. The highest BCUT2D eigenvalue weighted by Crippen LogP contribution is 2.25. The van der Waals surface area contributed by atoms with Crippen molar-refractivity contribution in [1.29, 1.82) is 0 Å². The standard InChI is InChI=1S/C13H21NO3S/c1-5-10(3)14-18(15,16)13-9-11(6-2)7-8-12(13)17-4/h7-10,14H,5-6H2,1-4H3/t10-/m1/s1. The van der Waals surface area contributed by atoms with Gasteiger partial charge in [0.05, 0.1) is 7.11 Å². The summed E-state index contributed by atoms with van der Waals surface area (Å²) >= 11 is 0. The van der Waals surface area contributed by atoms with E-state index < -0.39 is 10.0 Å². The summed E-state index contributed by atoms with van der Waals surface area (Å²) in [6.45, 7) is 5.76. The summed E-state index contributed by atoms with van der Waals surface area (Å²) in [5.41, 5.74) is 0.973. The van der Waals surface area contributed by atoms with Gasteiger partial charge in [-0.05, 0) is 37.5 Å². The highest BCUT2D eigenvalue weighted by molar-refractivity contribution is 7.89. The third-order valence-electron chi connectivity index (χ3n) is 2.89. The van der Waals surface area contributed by atoms with Gasteiger partial charge in [0.1, 0.15) is 10.6 Å². The fraction of sp³-hybridized carbons (Fsp3) is 0.538. The van der Waals surface area contributed by atoms with Crippen molar-refractivity contribution in [3.05, 3.63) is 23.8 Å². The van der Waals surface area contributed by atoms with Crippen LogP contribution in [0.5, 0.6) is 5.75 Å². The van der Waals surface area contributed by atoms with Crippen molar-refractivity contribution in [2.75, 3.05) is 7.11 Å². The van der Waals surface area contributed by atoms with Gasteiger partial charge in [-0.2, -0.15) is 0 Å². The van der Waals surface area contributed by atoms with Gasteiger partial charge in [0, 0.05) is 6.04 Å². The van der Waals surface area contributed by atoms with Crippen LogP contribution in [0.15, 0.2) is 23.1 Å². The Bertz CT molecular complexity index is 497. The van der Waals surface area contributed by atoms with Crippen LogP contribution in [0.3, 0.4) is 0 Å². The summed E-state index contributed by atoms with van der Waals surface area (Å²) in [5, 5.41) is 0. The molecule has 5 heteroatoms. The van der Waals surface area contributed by atoms with Gasteiger partial charge in [0.2, 0.25) is 10.0 Å². The monoisotopic (exact) mass is 271 g/mol. The molecule has 1 N–H and O–H groups in total. The second-order valence-electron chi connectivity index (χ2n) is 4.27. The number of nitrogens with one attached hydrogen (secondary N) is 1. The van der Waals surface area contributed by atoms with Gasteiger partial charge >= 0.3 is 0 Å². The van der Waals surface area contributed by atoms with E-state index in [-0.39, 0.29) is 10.9 Å². The van der Waals surface area contributed by atoms with E-state index in [9.17, 15) is 8.42 Å². The van der Waals surface area contributed by atoms with E-state index in [1.165, 1.54) is 7.11 Å². The van der Waals surface area contributed by atoms with Gasteiger partial charge in [-0.15, -0.1) is 0 Å². The molecule has 0 saturated carbocycles. The SMILES string of the molecule is CCc1ccc(OC)c(S(=O)(=O)N[C@H](C)CC)c1. The number of methoxy groups -OCH3 is 1. The van der Waals surface area contributed by atoms with Gasteiger partial charge in [-0.25, -0.2) is 13.1 Å². The molecular weight excluding hydrogens is 250 g/mol. The maximum Gasteiger partial charge on any atom is 0.244 e. The van der Waals surface area contributed by atoms with Crippen molar-refractivity contribution in [3.8, 4) is 5.75 Å². The first-order valence-electron chi connectivity index (χ1n) is 6.13. The van der Waals surface area contributed by atoms with Crippen LogP contribution in [0, 0.1) is 0 Å². The van der Waals surface area contributed by atoms with Crippen LogP contribution >= 0.6 is 0 Å². The molecule has 102 valence electrons. The molecule has 0 aliphatic heterocycles. The molecule has 0 fully saturated rings. The van der Waals surface area contributed by atoms with Gasteiger partial charge in [0.25, 0.3) is 0 Å². The first-order chi connectivity index (χ1) is 8.44. The Labute approximate surface area is 109 Å². The largest absolute Gasteiger partial charge is 0.495 e. The zero-order valence-electron chi connectivity index (χ0n) is 11.4. The highest BCUT2D eigenvalue weighted by Gasteiger charge is 2.21. The normalized spacial score (nSPS) is 13.3. The summed E-state index contributed by atoms with van der Waals surface area (Å²) < 4.78 is 32.3. The zero-order valence-corrected chi connectivity index (χ0v) is 12.2. The quantitative estimate of drug-likeness (QED) is 0.864. The van der Waals surface area contributed by atoms with Crippen molar-refractivity contribution < 1.29 is 13.2 Å². The molecule has 0 unspecified atom stereocenters. The Hall–Kier alpha value is -1.07. The van der Waals surface area contributed by atoms with E-state index in [4.69, 9.17) is 4.74 Å². The van der Waals surface area contributed by atoms with Crippen LogP contribution in [0.25, 0.3) is 0 Å². The molecule has 0 radical (unpaired) electrons. The molecular formula is C13H21NO3S. The van der Waals surface area contributed by atoms with Crippen molar-refractivity contribution >= 4 is 10.0 Å². The summed E-state index contributed by atoms with van der Waals surface area (Å²) in [6, 6.07) is 5.15. The number of aryl methyl sites for hydroxylation is 1. The number of hydrogen-bond donors (Lipinski definition) is 1. The van der Waals surface area contributed by atoms with Gasteiger partial charge in [-0.1, -0.05) is 19.9 Å². The van der Waals surface area contributed by atoms with E-state index in [0.717, 1.165) is 18.4 Å². The van der Waals surface area contributed by atoms with Crippen LogP contribution in [-0.4, -0.2) is 21.6 Å². The second kappa shape index (κ2) is 6.20. The number of rotatable bonds is 6. The number of benzene rings is 1. The summed E-state index contributed by atoms with van der Waals surface area (Å²) in [5.74, 6) is 0.378. The third-order valence-corrected chi connectivity index (χ3v) is 4.51. The zero-order chi connectivity index (χ0) is 13.8. The van der Waals surface area contributed by atoms with E-state index in [2.05, 4.69) is 4.72 Å². The topological polar surface area (TPSA) is 55.4 Å². The number of ether oxygens (including phenoxy) is 1. The fourth-order valence-electron chi connectivity index (χ4n) is 1.56. The molecule has 0 aromatic heterocycles. The van der Waals surface area contributed by atoms with Crippen molar-refractivity contribution in [2.24, 2.45) is 0 Å². The Balaban J connectivity index is 3.20. The summed E-state index contributed by atoms with van der Waals surface area (Å²) in [7, 11) is -2.05. The predicted octanol–water partition coefficient (Wildman–Crippen LogP) is 2.33. The Morgan fingerprint density at radius 3 is 2.50 bits per heavy atom. The molecule has 1 rings (SSSR count). The molecule has 1 aromatic carbocycles. The molecule has 0 spiro atoms. The van der Waals surface area contributed by atoms with Crippen LogP contribution in [0.4, 0.5) is 0 Å². The maximum absolute atomic E-state index is 12.3. The van der Waals surface area contributed by atoms with Gasteiger partial charge in [0.15, 0.2) is 0 Å². The van der Waals surface area contributed by atoms with E-state index in [1.807, 2.05) is 26.8 Å². The summed E-state index contributed by atoms with van der Waals surface area (Å²) in [6.07, 6.45) is 1.53. The van der Waals surface area contributed by atoms with Crippen LogP contribution in [0.1, 0.15) is 32.8 Å². The Kier molecular flexibility index (Phi) is 5.16. The molecule has 1 aromatic rings. The van der Waals surface area contributed by atoms with Crippen molar-refractivity contribution in [2.45, 2.75) is 44.6 Å². The molecule has 1 atom stereocenters. The lowest BCUT2D eigenvalue weighted by molar-refractivity contribution is 0.401. The van der Waals surface area contributed by atoms with Gasteiger partial charge in [-0.3, -0.25) is 0 Å². The molecule has 0 amide bonds. The Morgan fingerprint density at radius 2 is 2.00 bits per heavy atom. The lowest BCUT2D eigenvalue weighted by Gasteiger charge is -2.15. The van der Waals surface area contributed by atoms with Crippen LogP contribution < -0.4 is 9.46 Å². The highest BCUT2D eigenvalue weighted by atomic mass is 32.2. The lowest BCUT2D eigenvalue weighted by atomic mass is 10.2. The van der Waals surface area contributed by atoms with Crippen LogP contribution in [0.2, 0.25) is 0 Å². The average Bonchev–Trinajstić information content (AvgIpc) is 2.37. The fourth-order valence-corrected chi connectivity index (χ4v) is 3.11. The molecule has 0 bridgehead atoms. The summed E-state index contributed by atoms with van der Waals surface area (Å²) in [4.78, 5) is 0.213. The lowest BCUT2D eigenvalue weighted by Crippen LogP contribution is -2.32. The maximum atomic E-state index is 12.3. The molecule has 0 aliphatic carbocycles. The average molecular weight is 271 g/mol. The van der Waals surface area contributed by atoms with E-state index >= 15 is 0 Å². The van der Waals surface area contributed by atoms with Crippen molar-refractivity contribution in [1.82, 2.24) is 4.72 Å². The number of sulfonamides is 1. The minimum absolute atomic E-state index is 0.0926. The first-order valence-corrected chi connectivity index (χ1v) is 7.62. The molecule has 0 heterocycles. The minimum Gasteiger partial charge on any atom is -0.495 e. The predicted molar refractivity (Wildman–Crippen MR) is 72.4 cm³/mol. The molecule has 0 aliphatic rings. The first kappa shape index (κ1) is 15.0. The molecule has 18 heavy (non-hydrogen) atoms. The van der Waals surface area contributed by atoms with Crippen molar-refractivity contribution in [3.63, 3.8) is 0 Å². The second-order valence-corrected chi connectivity index (χ2v) is 5.95. The van der Waals surface area contributed by atoms with E-state index in [1.54, 1.807) is 12.1 Å². The molecule has 4 nitrogen and oxygen atoms in total. The van der Waals surface area contributed by atoms with Crippen LogP contribution in [-0.2, 0) is 16.4 Å². The smallest absolute Gasteiger partial charge is 0.244 e. The molecule has 0 saturated heterocycles. The third kappa shape index (κ3) is 3.46. The van der Waals surface area contributed by atoms with E-state index in [0.29, 0.717) is 5.75 Å². The Morgan fingerprint density at radius 1 is 1.33 bits per heavy atom.